The summed E-state index contributed by atoms with van der Waals surface area (Å²) in [5.41, 5.74) is 0.607. The van der Waals surface area contributed by atoms with Crippen LogP contribution in [0.15, 0.2) is 36.4 Å². The number of nitrogens with zero attached hydrogens (tertiary/aromatic N) is 1. The van der Waals surface area contributed by atoms with Crippen molar-refractivity contribution in [3.8, 4) is 5.75 Å². The molecule has 26 heavy (non-hydrogen) atoms. The van der Waals surface area contributed by atoms with Crippen molar-refractivity contribution < 1.29 is 24.9 Å². The number of carboxylic acids is 1. The summed E-state index contributed by atoms with van der Waals surface area (Å²) in [6.07, 6.45) is 7.42. The number of aromatic hydroxyl groups is 1. The summed E-state index contributed by atoms with van der Waals surface area (Å²) < 4.78 is 0. The van der Waals surface area contributed by atoms with Gasteiger partial charge in [0, 0.05) is 19.4 Å². The second-order valence-corrected chi connectivity index (χ2v) is 6.68. The van der Waals surface area contributed by atoms with Gasteiger partial charge in [0.2, 0.25) is 5.91 Å². The molecule has 3 N–H and O–H groups in total. The summed E-state index contributed by atoms with van der Waals surface area (Å²) in [4.78, 5) is 24.4. The number of amides is 1. The van der Waals surface area contributed by atoms with E-state index in [1.54, 1.807) is 24.3 Å². The van der Waals surface area contributed by atoms with Gasteiger partial charge in [-0.15, -0.1) is 0 Å². The molecule has 1 unspecified atom stereocenters. The highest BCUT2D eigenvalue weighted by Gasteiger charge is 2.28. The summed E-state index contributed by atoms with van der Waals surface area (Å²) in [5.74, 6) is -0.539. The zero-order valence-corrected chi connectivity index (χ0v) is 14.9. The maximum atomic E-state index is 12.1. The van der Waals surface area contributed by atoms with Crippen LogP contribution in [0.4, 0.5) is 0 Å². The van der Waals surface area contributed by atoms with Gasteiger partial charge in [-0.1, -0.05) is 37.1 Å². The Morgan fingerprint density at radius 1 is 1.27 bits per heavy atom. The number of hydrogen-bond acceptors (Lipinski definition) is 4. The van der Waals surface area contributed by atoms with E-state index in [4.69, 9.17) is 5.11 Å². The molecule has 0 aliphatic carbocycles. The highest BCUT2D eigenvalue weighted by molar-refractivity contribution is 5.79. The second kappa shape index (κ2) is 9.97. The number of aliphatic hydroxyl groups is 1. The third kappa shape index (κ3) is 6.19. The van der Waals surface area contributed by atoms with Gasteiger partial charge in [-0.25, -0.2) is 0 Å². The molecule has 1 aromatic rings. The Morgan fingerprint density at radius 2 is 2.04 bits per heavy atom. The first-order chi connectivity index (χ1) is 12.5. The van der Waals surface area contributed by atoms with E-state index in [2.05, 4.69) is 0 Å². The standard InChI is InChI=1S/C20H27NO5/c22-17-7-5-6-15(14-17)18(23)11-9-16-10-12-19(24)21(16)13-4-2-1-3-8-20(25)26/h5-7,9,11,14,16,18,22-23H,1-4,8,10,12-13H2,(H,25,26)/b11-9+/t16-,18?/m0/s1. The van der Waals surface area contributed by atoms with Crippen LogP contribution in [0, 0.1) is 0 Å². The van der Waals surface area contributed by atoms with E-state index in [0.717, 1.165) is 25.7 Å². The largest absolute Gasteiger partial charge is 0.508 e. The first-order valence-electron chi connectivity index (χ1n) is 9.14. The topological polar surface area (TPSA) is 98.1 Å². The predicted octanol–water partition coefficient (Wildman–Crippen LogP) is 3.01. The lowest BCUT2D eigenvalue weighted by molar-refractivity contribution is -0.137. The fourth-order valence-corrected chi connectivity index (χ4v) is 3.21. The Hall–Kier alpha value is -2.34. The van der Waals surface area contributed by atoms with Crippen molar-refractivity contribution in [2.45, 2.75) is 57.1 Å². The number of aliphatic carboxylic acids is 1. The molecule has 0 bridgehead atoms. The number of phenols is 1. The van der Waals surface area contributed by atoms with E-state index < -0.39 is 12.1 Å². The van der Waals surface area contributed by atoms with Gasteiger partial charge in [0.05, 0.1) is 12.1 Å². The van der Waals surface area contributed by atoms with E-state index in [1.807, 2.05) is 11.0 Å². The van der Waals surface area contributed by atoms with Crippen molar-refractivity contribution in [3.63, 3.8) is 0 Å². The number of likely N-dealkylation sites (tertiary alicyclic amines) is 1. The van der Waals surface area contributed by atoms with Crippen LogP contribution in [0.25, 0.3) is 0 Å². The number of unbranched alkanes of at least 4 members (excludes halogenated alkanes) is 3. The van der Waals surface area contributed by atoms with Gasteiger partial charge >= 0.3 is 5.97 Å². The molecule has 0 saturated carbocycles. The molecule has 1 heterocycles. The van der Waals surface area contributed by atoms with E-state index in [-0.39, 0.29) is 24.1 Å². The fourth-order valence-electron chi connectivity index (χ4n) is 3.21. The molecule has 0 aromatic heterocycles. The predicted molar refractivity (Wildman–Crippen MR) is 97.7 cm³/mol. The SMILES string of the molecule is O=C(O)CCCCCCN1C(=O)CC[C@@H]1/C=C/C(O)c1cccc(O)c1. The molecule has 0 radical (unpaired) electrons. The zero-order valence-electron chi connectivity index (χ0n) is 14.9. The Balaban J connectivity index is 1.81. The Kier molecular flexibility index (Phi) is 7.66. The molecule has 1 amide bonds. The molecule has 2 atom stereocenters. The molecular formula is C20H27NO5. The molecule has 1 aliphatic heterocycles. The normalized spacial score (nSPS) is 18.6. The van der Waals surface area contributed by atoms with E-state index in [9.17, 15) is 19.8 Å². The molecule has 6 nitrogen and oxygen atoms in total. The lowest BCUT2D eigenvalue weighted by Gasteiger charge is -2.22. The van der Waals surface area contributed by atoms with Gasteiger partial charge in [0.15, 0.2) is 0 Å². The van der Waals surface area contributed by atoms with Crippen molar-refractivity contribution in [3.05, 3.63) is 42.0 Å². The van der Waals surface area contributed by atoms with Crippen LogP contribution in [-0.2, 0) is 9.59 Å². The molecule has 0 spiro atoms. The Labute approximate surface area is 153 Å². The van der Waals surface area contributed by atoms with Crippen LogP contribution in [0.3, 0.4) is 0 Å². The average molecular weight is 361 g/mol. The van der Waals surface area contributed by atoms with E-state index >= 15 is 0 Å². The number of carbonyl (C=O) groups is 2. The summed E-state index contributed by atoms with van der Waals surface area (Å²) in [6.45, 7) is 0.656. The molecule has 2 rings (SSSR count). The Bertz CT molecular complexity index is 643. The molecular weight excluding hydrogens is 334 g/mol. The van der Waals surface area contributed by atoms with Crippen LogP contribution >= 0.6 is 0 Å². The van der Waals surface area contributed by atoms with Crippen LogP contribution in [0.1, 0.15) is 56.6 Å². The van der Waals surface area contributed by atoms with Crippen LogP contribution in [0.2, 0.25) is 0 Å². The van der Waals surface area contributed by atoms with Crippen LogP contribution < -0.4 is 0 Å². The van der Waals surface area contributed by atoms with Gasteiger partial charge in [0.25, 0.3) is 0 Å². The zero-order chi connectivity index (χ0) is 18.9. The summed E-state index contributed by atoms with van der Waals surface area (Å²) in [6, 6.07) is 6.46. The quantitative estimate of drug-likeness (QED) is 0.440. The van der Waals surface area contributed by atoms with Crippen LogP contribution in [-0.4, -0.2) is 44.7 Å². The van der Waals surface area contributed by atoms with Gasteiger partial charge in [-0.3, -0.25) is 9.59 Å². The van der Waals surface area contributed by atoms with Crippen molar-refractivity contribution in [2.24, 2.45) is 0 Å². The minimum absolute atomic E-state index is 0.0199. The third-order valence-electron chi connectivity index (χ3n) is 4.64. The van der Waals surface area contributed by atoms with Gasteiger partial charge in [-0.05, 0) is 37.0 Å². The monoisotopic (exact) mass is 361 g/mol. The molecule has 6 heteroatoms. The van der Waals surface area contributed by atoms with E-state index in [0.29, 0.717) is 24.9 Å². The number of carboxylic acid groups (broad SMARTS) is 1. The van der Waals surface area contributed by atoms with Gasteiger partial charge in [0.1, 0.15) is 5.75 Å². The average Bonchev–Trinajstić information content (AvgIpc) is 2.95. The molecule has 1 fully saturated rings. The minimum Gasteiger partial charge on any atom is -0.508 e. The molecule has 1 aromatic carbocycles. The number of carbonyl (C=O) groups excluding carboxylic acids is 1. The van der Waals surface area contributed by atoms with Gasteiger partial charge < -0.3 is 20.2 Å². The maximum absolute atomic E-state index is 12.1. The highest BCUT2D eigenvalue weighted by atomic mass is 16.4. The molecule has 1 aliphatic rings. The number of phenolic OH excluding ortho intramolecular Hbond substituents is 1. The first-order valence-corrected chi connectivity index (χ1v) is 9.14. The summed E-state index contributed by atoms with van der Waals surface area (Å²) in [5, 5.41) is 28.3. The number of rotatable bonds is 10. The number of benzene rings is 1. The lowest BCUT2D eigenvalue weighted by atomic mass is 10.1. The summed E-state index contributed by atoms with van der Waals surface area (Å²) >= 11 is 0. The number of hydrogen-bond donors (Lipinski definition) is 3. The Morgan fingerprint density at radius 3 is 2.77 bits per heavy atom. The van der Waals surface area contributed by atoms with E-state index in [1.165, 1.54) is 6.07 Å². The van der Waals surface area contributed by atoms with Crippen molar-refractivity contribution in [1.82, 2.24) is 4.90 Å². The fraction of sp³-hybridized carbons (Fsp3) is 0.500. The van der Waals surface area contributed by atoms with Gasteiger partial charge in [-0.2, -0.15) is 0 Å². The molecule has 1 saturated heterocycles. The smallest absolute Gasteiger partial charge is 0.303 e. The van der Waals surface area contributed by atoms with Crippen molar-refractivity contribution >= 4 is 11.9 Å². The van der Waals surface area contributed by atoms with Crippen LogP contribution in [0.5, 0.6) is 5.75 Å². The molecule has 142 valence electrons. The first kappa shape index (κ1) is 20.0. The third-order valence-corrected chi connectivity index (χ3v) is 4.64. The maximum Gasteiger partial charge on any atom is 0.303 e. The second-order valence-electron chi connectivity index (χ2n) is 6.68. The van der Waals surface area contributed by atoms with Crippen molar-refractivity contribution in [1.29, 1.82) is 0 Å². The lowest BCUT2D eigenvalue weighted by Crippen LogP contribution is -2.32. The summed E-state index contributed by atoms with van der Waals surface area (Å²) in [7, 11) is 0. The highest BCUT2D eigenvalue weighted by Crippen LogP contribution is 2.24. The van der Waals surface area contributed by atoms with Crippen molar-refractivity contribution in [2.75, 3.05) is 6.54 Å². The minimum atomic E-state index is -0.823. The number of aliphatic hydroxyl groups excluding tert-OH is 1.